The highest BCUT2D eigenvalue weighted by atomic mass is 32.2. The van der Waals surface area contributed by atoms with E-state index in [1.807, 2.05) is 0 Å². The molecule has 0 spiro atoms. The SMILES string of the molecule is CN(CCN1CCC(N(C)S(=O)(=O)NC(=O)OC(C)(C)C)C1)[C@@H]1Cn2c(cc3ccccc32)-c2ccccc2O[C@@]1(C)C1CCCCC1. The van der Waals surface area contributed by atoms with Crippen LogP contribution in [0, 0.1) is 5.92 Å². The Morgan fingerprint density at radius 2 is 1.73 bits per heavy atom. The number of nitrogens with one attached hydrogen (secondary N) is 1. The molecule has 1 aliphatic carbocycles. The van der Waals surface area contributed by atoms with Crippen LogP contribution >= 0.6 is 0 Å². The summed E-state index contributed by atoms with van der Waals surface area (Å²) in [6.07, 6.45) is 5.79. The molecule has 2 aromatic carbocycles. The van der Waals surface area contributed by atoms with Gasteiger partial charge in [0.25, 0.3) is 0 Å². The summed E-state index contributed by atoms with van der Waals surface area (Å²) in [5.41, 5.74) is 2.36. The van der Waals surface area contributed by atoms with Crippen LogP contribution in [0.3, 0.4) is 0 Å². The van der Waals surface area contributed by atoms with E-state index in [-0.39, 0.29) is 12.1 Å². The minimum Gasteiger partial charge on any atom is -0.485 e. The van der Waals surface area contributed by atoms with Crippen LogP contribution in [0.5, 0.6) is 5.75 Å². The zero-order chi connectivity index (χ0) is 34.3. The zero-order valence-corrected chi connectivity index (χ0v) is 30.3. The summed E-state index contributed by atoms with van der Waals surface area (Å²) in [6.45, 7) is 11.3. The molecule has 1 amide bonds. The molecule has 1 aromatic heterocycles. The molecular weight excluding hydrogens is 627 g/mol. The van der Waals surface area contributed by atoms with E-state index in [9.17, 15) is 13.2 Å². The molecule has 3 atom stereocenters. The first-order valence-corrected chi connectivity index (χ1v) is 19.0. The average Bonchev–Trinajstić information content (AvgIpc) is 3.65. The smallest absolute Gasteiger partial charge is 0.422 e. The van der Waals surface area contributed by atoms with Gasteiger partial charge in [-0.1, -0.05) is 49.6 Å². The van der Waals surface area contributed by atoms with Gasteiger partial charge in [-0.2, -0.15) is 12.7 Å². The van der Waals surface area contributed by atoms with Gasteiger partial charge in [0.15, 0.2) is 0 Å². The first kappa shape index (κ1) is 34.7. The number of benzene rings is 2. The summed E-state index contributed by atoms with van der Waals surface area (Å²) < 4.78 is 44.3. The molecule has 0 radical (unpaired) electrons. The second-order valence-electron chi connectivity index (χ2n) is 15.2. The predicted octanol–water partition coefficient (Wildman–Crippen LogP) is 6.12. The molecule has 2 fully saturated rings. The van der Waals surface area contributed by atoms with Crippen LogP contribution in [0.1, 0.15) is 66.2 Å². The van der Waals surface area contributed by atoms with Crippen LogP contribution in [-0.2, 0) is 21.5 Å². The Hall–Kier alpha value is -3.12. The predicted molar refractivity (Wildman–Crippen MR) is 190 cm³/mol. The quantitative estimate of drug-likeness (QED) is 0.307. The maximum absolute atomic E-state index is 13.0. The van der Waals surface area contributed by atoms with E-state index in [0.29, 0.717) is 18.9 Å². The normalized spacial score (nSPS) is 24.2. The lowest BCUT2D eigenvalue weighted by molar-refractivity contribution is -0.0670. The van der Waals surface area contributed by atoms with Gasteiger partial charge in [-0.3, -0.25) is 4.90 Å². The van der Waals surface area contributed by atoms with Gasteiger partial charge in [0.1, 0.15) is 17.0 Å². The maximum Gasteiger partial charge on any atom is 0.422 e. The number of amides is 1. The van der Waals surface area contributed by atoms with Gasteiger partial charge in [0.05, 0.1) is 11.7 Å². The highest BCUT2D eigenvalue weighted by Gasteiger charge is 2.47. The molecule has 0 bridgehead atoms. The van der Waals surface area contributed by atoms with Crippen molar-refractivity contribution in [2.45, 2.75) is 96.1 Å². The monoisotopic (exact) mass is 679 g/mol. The highest BCUT2D eigenvalue weighted by molar-refractivity contribution is 7.87. The van der Waals surface area contributed by atoms with Crippen LogP contribution in [0.25, 0.3) is 22.2 Å². The summed E-state index contributed by atoms with van der Waals surface area (Å²) in [5.74, 6) is 1.38. The number of fused-ring (bicyclic) bond motifs is 5. The number of carbonyl (C=O) groups excluding carboxylic acids is 1. The van der Waals surface area contributed by atoms with Crippen molar-refractivity contribution >= 4 is 27.2 Å². The lowest BCUT2D eigenvalue weighted by Crippen LogP contribution is -2.60. The Morgan fingerprint density at radius 1 is 1.02 bits per heavy atom. The lowest BCUT2D eigenvalue weighted by Gasteiger charge is -2.50. The van der Waals surface area contributed by atoms with Crippen molar-refractivity contribution in [1.82, 2.24) is 23.4 Å². The number of likely N-dealkylation sites (tertiary alicyclic amines) is 1. The Morgan fingerprint density at radius 3 is 2.48 bits per heavy atom. The van der Waals surface area contributed by atoms with Crippen LogP contribution in [-0.4, -0.2) is 96.7 Å². The molecule has 3 aromatic rings. The summed E-state index contributed by atoms with van der Waals surface area (Å²) >= 11 is 0. The molecule has 262 valence electrons. The molecule has 1 saturated heterocycles. The zero-order valence-electron chi connectivity index (χ0n) is 29.4. The van der Waals surface area contributed by atoms with Gasteiger partial charge in [-0.25, -0.2) is 9.52 Å². The van der Waals surface area contributed by atoms with Crippen LogP contribution < -0.4 is 9.46 Å². The van der Waals surface area contributed by atoms with Gasteiger partial charge in [-0.05, 0) is 84.8 Å². The van der Waals surface area contributed by atoms with E-state index in [4.69, 9.17) is 9.47 Å². The number of carbonyl (C=O) groups is 1. The minimum atomic E-state index is -4.04. The van der Waals surface area contributed by atoms with Crippen molar-refractivity contribution < 1.29 is 22.7 Å². The third-order valence-corrected chi connectivity index (χ3v) is 12.3. The minimum absolute atomic E-state index is 0.1000. The van der Waals surface area contributed by atoms with E-state index < -0.39 is 27.5 Å². The van der Waals surface area contributed by atoms with E-state index in [0.717, 1.165) is 50.3 Å². The molecule has 1 N–H and O–H groups in total. The van der Waals surface area contributed by atoms with Gasteiger partial charge >= 0.3 is 16.3 Å². The average molecular weight is 680 g/mol. The number of nitrogens with zero attached hydrogens (tertiary/aromatic N) is 4. The summed E-state index contributed by atoms with van der Waals surface area (Å²) in [4.78, 5) is 17.0. The second kappa shape index (κ2) is 13.7. The Labute approximate surface area is 286 Å². The molecule has 11 heteroatoms. The van der Waals surface area contributed by atoms with E-state index in [2.05, 4.69) is 87.7 Å². The van der Waals surface area contributed by atoms with Crippen molar-refractivity contribution in [1.29, 1.82) is 0 Å². The van der Waals surface area contributed by atoms with Crippen LogP contribution in [0.2, 0.25) is 0 Å². The molecule has 10 nitrogen and oxygen atoms in total. The molecule has 48 heavy (non-hydrogen) atoms. The largest absolute Gasteiger partial charge is 0.485 e. The van der Waals surface area contributed by atoms with E-state index in [1.165, 1.54) is 47.2 Å². The second-order valence-corrected chi connectivity index (χ2v) is 16.9. The van der Waals surface area contributed by atoms with Gasteiger partial charge < -0.3 is 18.9 Å². The molecule has 3 heterocycles. The Kier molecular flexibility index (Phi) is 9.88. The molecular formula is C37H53N5O5S. The van der Waals surface area contributed by atoms with Gasteiger partial charge in [0.2, 0.25) is 0 Å². The molecule has 1 unspecified atom stereocenters. The Balaban J connectivity index is 1.21. The number of likely N-dealkylation sites (N-methyl/N-ethyl adjacent to an activating group) is 2. The van der Waals surface area contributed by atoms with Crippen molar-refractivity contribution in [2.24, 2.45) is 5.92 Å². The van der Waals surface area contributed by atoms with Crippen molar-refractivity contribution in [3.63, 3.8) is 0 Å². The van der Waals surface area contributed by atoms with Crippen molar-refractivity contribution in [3.8, 4) is 17.0 Å². The van der Waals surface area contributed by atoms with Crippen LogP contribution in [0.15, 0.2) is 54.6 Å². The summed E-state index contributed by atoms with van der Waals surface area (Å²) in [5, 5.41) is 1.23. The fraction of sp³-hybridized carbons (Fsp3) is 0.595. The van der Waals surface area contributed by atoms with Crippen molar-refractivity contribution in [2.75, 3.05) is 40.3 Å². The standard InChI is InChI=1S/C37H53N5O5S/c1-36(2,3)47-35(43)38-48(44,45)40(6)29-20-21-41(25-29)23-22-39(5)34-26-42-31-18-12-10-14-27(31)24-32(42)30-17-11-13-19-33(30)46-37(34,4)28-15-8-7-9-16-28/h10-14,17-19,24,28-29,34H,7-9,15-16,20-23,25-26H2,1-6H3,(H,38,43)/t29?,34-,37+/m1/s1. The summed E-state index contributed by atoms with van der Waals surface area (Å²) in [7, 11) is -0.277. The number of para-hydroxylation sites is 2. The third-order valence-electron chi connectivity index (χ3n) is 10.8. The molecule has 2 aliphatic heterocycles. The number of aromatic nitrogens is 1. The number of hydrogen-bond acceptors (Lipinski definition) is 7. The topological polar surface area (TPSA) is 96.4 Å². The first-order valence-electron chi connectivity index (χ1n) is 17.5. The molecule has 1 saturated carbocycles. The Bertz CT molecular complexity index is 1710. The lowest BCUT2D eigenvalue weighted by atomic mass is 9.73. The molecule has 3 aliphatic rings. The fourth-order valence-electron chi connectivity index (χ4n) is 8.10. The van der Waals surface area contributed by atoms with Gasteiger partial charge in [0, 0.05) is 61.7 Å². The highest BCUT2D eigenvalue weighted by Crippen LogP contribution is 2.45. The maximum atomic E-state index is 13.0. The van der Waals surface area contributed by atoms with E-state index in [1.54, 1.807) is 20.8 Å². The number of hydrogen-bond donors (Lipinski definition) is 1. The fourth-order valence-corrected chi connectivity index (χ4v) is 9.07. The van der Waals surface area contributed by atoms with Gasteiger partial charge in [-0.15, -0.1) is 0 Å². The van der Waals surface area contributed by atoms with Crippen molar-refractivity contribution in [3.05, 3.63) is 54.6 Å². The van der Waals surface area contributed by atoms with E-state index >= 15 is 0 Å². The van der Waals surface area contributed by atoms with Crippen LogP contribution in [0.4, 0.5) is 4.79 Å². The molecule has 6 rings (SSSR count). The number of rotatable bonds is 8. The number of ether oxygens (including phenoxy) is 2. The first-order chi connectivity index (χ1) is 22.7. The summed E-state index contributed by atoms with van der Waals surface area (Å²) in [6, 6.07) is 19.3. The third kappa shape index (κ3) is 7.25.